The Balaban J connectivity index is 2.05. The lowest BCUT2D eigenvalue weighted by atomic mass is 10.1. The molecule has 0 unspecified atom stereocenters. The SMILES string of the molecule is O=[N+]([O-])c1ccc(NC2CC=CC2)c2ccncc12. The summed E-state index contributed by atoms with van der Waals surface area (Å²) in [6, 6.07) is 5.50. The number of hydrogen-bond donors (Lipinski definition) is 1. The van der Waals surface area contributed by atoms with Crippen molar-refractivity contribution in [2.75, 3.05) is 5.32 Å². The lowest BCUT2D eigenvalue weighted by Crippen LogP contribution is -2.15. The van der Waals surface area contributed by atoms with Gasteiger partial charge in [0.25, 0.3) is 5.69 Å². The fourth-order valence-electron chi connectivity index (χ4n) is 2.42. The Labute approximate surface area is 110 Å². The van der Waals surface area contributed by atoms with Gasteiger partial charge in [-0.15, -0.1) is 0 Å². The maximum atomic E-state index is 11.0. The zero-order chi connectivity index (χ0) is 13.2. The van der Waals surface area contributed by atoms with E-state index in [2.05, 4.69) is 22.5 Å². The van der Waals surface area contributed by atoms with Crippen molar-refractivity contribution in [3.63, 3.8) is 0 Å². The van der Waals surface area contributed by atoms with E-state index in [-0.39, 0.29) is 10.6 Å². The number of nitro groups is 1. The molecule has 1 aromatic heterocycles. The van der Waals surface area contributed by atoms with E-state index in [1.54, 1.807) is 18.5 Å². The van der Waals surface area contributed by atoms with Crippen molar-refractivity contribution in [1.82, 2.24) is 4.98 Å². The van der Waals surface area contributed by atoms with E-state index in [0.717, 1.165) is 23.9 Å². The van der Waals surface area contributed by atoms with Crippen LogP contribution in [0.2, 0.25) is 0 Å². The van der Waals surface area contributed by atoms with E-state index in [9.17, 15) is 10.1 Å². The predicted molar refractivity (Wildman–Crippen MR) is 74.2 cm³/mol. The van der Waals surface area contributed by atoms with Crippen LogP contribution < -0.4 is 5.32 Å². The molecule has 1 heterocycles. The van der Waals surface area contributed by atoms with Crippen LogP contribution >= 0.6 is 0 Å². The summed E-state index contributed by atoms with van der Waals surface area (Å²) in [5, 5.41) is 15.9. The van der Waals surface area contributed by atoms with Gasteiger partial charge >= 0.3 is 0 Å². The number of non-ortho nitro benzene ring substituents is 1. The number of hydrogen-bond acceptors (Lipinski definition) is 4. The van der Waals surface area contributed by atoms with Crippen LogP contribution in [0.15, 0.2) is 42.7 Å². The molecule has 0 aliphatic heterocycles. The molecule has 0 saturated heterocycles. The quantitative estimate of drug-likeness (QED) is 0.519. The van der Waals surface area contributed by atoms with Crippen molar-refractivity contribution in [2.45, 2.75) is 18.9 Å². The van der Waals surface area contributed by atoms with E-state index in [4.69, 9.17) is 0 Å². The summed E-state index contributed by atoms with van der Waals surface area (Å²) >= 11 is 0. The predicted octanol–water partition coefficient (Wildman–Crippen LogP) is 3.27. The van der Waals surface area contributed by atoms with E-state index in [0.29, 0.717) is 11.4 Å². The normalized spacial score (nSPS) is 14.9. The molecule has 0 atom stereocenters. The van der Waals surface area contributed by atoms with Gasteiger partial charge in [0.15, 0.2) is 0 Å². The Morgan fingerprint density at radius 3 is 2.74 bits per heavy atom. The average molecular weight is 255 g/mol. The third kappa shape index (κ3) is 2.14. The third-order valence-electron chi connectivity index (χ3n) is 3.36. The van der Waals surface area contributed by atoms with Crippen LogP contribution in [0, 0.1) is 10.1 Å². The highest BCUT2D eigenvalue weighted by Crippen LogP contribution is 2.31. The van der Waals surface area contributed by atoms with Crippen molar-refractivity contribution in [3.05, 3.63) is 52.9 Å². The zero-order valence-corrected chi connectivity index (χ0v) is 10.2. The molecule has 0 bridgehead atoms. The second-order valence-electron chi connectivity index (χ2n) is 4.59. The number of fused-ring (bicyclic) bond motifs is 1. The van der Waals surface area contributed by atoms with Crippen LogP contribution in [0.25, 0.3) is 10.8 Å². The maximum absolute atomic E-state index is 11.0. The molecule has 5 heteroatoms. The first-order valence-electron chi connectivity index (χ1n) is 6.18. The number of anilines is 1. The lowest BCUT2D eigenvalue weighted by molar-refractivity contribution is -0.383. The van der Waals surface area contributed by atoms with Gasteiger partial charge in [0.2, 0.25) is 0 Å². The largest absolute Gasteiger partial charge is 0.381 e. The van der Waals surface area contributed by atoms with Gasteiger partial charge in [0.1, 0.15) is 0 Å². The summed E-state index contributed by atoms with van der Waals surface area (Å²) in [5.74, 6) is 0. The Kier molecular flexibility index (Phi) is 2.87. The molecule has 1 aliphatic rings. The van der Waals surface area contributed by atoms with Crippen LogP contribution in [0.1, 0.15) is 12.8 Å². The molecule has 1 aliphatic carbocycles. The Bertz CT molecular complexity index is 659. The number of nitrogens with one attached hydrogen (secondary N) is 1. The number of rotatable bonds is 3. The molecule has 0 radical (unpaired) electrons. The molecule has 2 aromatic rings. The highest BCUT2D eigenvalue weighted by Gasteiger charge is 2.16. The summed E-state index contributed by atoms with van der Waals surface area (Å²) in [5.41, 5.74) is 1.02. The molecule has 1 aromatic carbocycles. The van der Waals surface area contributed by atoms with E-state index >= 15 is 0 Å². The van der Waals surface area contributed by atoms with Gasteiger partial charge in [-0.1, -0.05) is 12.2 Å². The molecule has 96 valence electrons. The summed E-state index contributed by atoms with van der Waals surface area (Å²) in [6.45, 7) is 0. The highest BCUT2D eigenvalue weighted by atomic mass is 16.6. The second kappa shape index (κ2) is 4.68. The molecule has 0 amide bonds. The summed E-state index contributed by atoms with van der Waals surface area (Å²) in [7, 11) is 0. The Morgan fingerprint density at radius 2 is 2.00 bits per heavy atom. The third-order valence-corrected chi connectivity index (χ3v) is 3.36. The van der Waals surface area contributed by atoms with E-state index in [1.807, 2.05) is 6.07 Å². The Hall–Kier alpha value is -2.43. The minimum Gasteiger partial charge on any atom is -0.381 e. The Morgan fingerprint density at radius 1 is 1.21 bits per heavy atom. The molecular formula is C14H13N3O2. The van der Waals surface area contributed by atoms with Gasteiger partial charge < -0.3 is 5.32 Å². The fourth-order valence-corrected chi connectivity index (χ4v) is 2.42. The minimum atomic E-state index is -0.370. The van der Waals surface area contributed by atoms with E-state index < -0.39 is 0 Å². The number of pyridine rings is 1. The fraction of sp³-hybridized carbons (Fsp3) is 0.214. The second-order valence-corrected chi connectivity index (χ2v) is 4.59. The molecular weight excluding hydrogens is 242 g/mol. The van der Waals surface area contributed by atoms with Crippen LogP contribution in [0.4, 0.5) is 11.4 Å². The van der Waals surface area contributed by atoms with Crippen molar-refractivity contribution < 1.29 is 4.92 Å². The molecule has 0 saturated carbocycles. The monoisotopic (exact) mass is 255 g/mol. The topological polar surface area (TPSA) is 68.1 Å². The van der Waals surface area contributed by atoms with Crippen molar-refractivity contribution in [2.24, 2.45) is 0 Å². The van der Waals surface area contributed by atoms with Crippen molar-refractivity contribution in [1.29, 1.82) is 0 Å². The first kappa shape index (κ1) is 11.6. The molecule has 3 rings (SSSR count). The van der Waals surface area contributed by atoms with Gasteiger partial charge in [0.05, 0.1) is 10.3 Å². The van der Waals surface area contributed by atoms with Crippen LogP contribution in [-0.2, 0) is 0 Å². The summed E-state index contributed by atoms with van der Waals surface area (Å²) < 4.78 is 0. The average Bonchev–Trinajstić information content (AvgIpc) is 2.91. The minimum absolute atomic E-state index is 0.0956. The molecule has 0 fully saturated rings. The van der Waals surface area contributed by atoms with Crippen molar-refractivity contribution >= 4 is 22.1 Å². The number of nitrogens with zero attached hydrogens (tertiary/aromatic N) is 2. The van der Waals surface area contributed by atoms with Gasteiger partial charge in [0, 0.05) is 35.6 Å². The first-order chi connectivity index (χ1) is 9.25. The van der Waals surface area contributed by atoms with Crippen LogP contribution in [-0.4, -0.2) is 15.9 Å². The first-order valence-corrected chi connectivity index (χ1v) is 6.18. The summed E-state index contributed by atoms with van der Waals surface area (Å²) in [4.78, 5) is 14.6. The number of aromatic nitrogens is 1. The standard InChI is InChI=1S/C14H13N3O2/c18-17(19)14-6-5-13(16-10-3-1-2-4-10)11-7-8-15-9-12(11)14/h1-2,5-10,16H,3-4H2. The van der Waals surface area contributed by atoms with Gasteiger partial charge in [-0.3, -0.25) is 15.1 Å². The van der Waals surface area contributed by atoms with Gasteiger partial charge in [-0.05, 0) is 25.0 Å². The van der Waals surface area contributed by atoms with Gasteiger partial charge in [-0.2, -0.15) is 0 Å². The van der Waals surface area contributed by atoms with Gasteiger partial charge in [-0.25, -0.2) is 0 Å². The number of benzene rings is 1. The van der Waals surface area contributed by atoms with E-state index in [1.165, 1.54) is 6.07 Å². The van der Waals surface area contributed by atoms with Crippen LogP contribution in [0.5, 0.6) is 0 Å². The van der Waals surface area contributed by atoms with Crippen LogP contribution in [0.3, 0.4) is 0 Å². The zero-order valence-electron chi connectivity index (χ0n) is 10.2. The molecule has 5 nitrogen and oxygen atoms in total. The highest BCUT2D eigenvalue weighted by molar-refractivity contribution is 5.99. The molecule has 0 spiro atoms. The smallest absolute Gasteiger partial charge is 0.278 e. The van der Waals surface area contributed by atoms with Crippen molar-refractivity contribution in [3.8, 4) is 0 Å². The maximum Gasteiger partial charge on any atom is 0.278 e. The lowest BCUT2D eigenvalue weighted by Gasteiger charge is -2.15. The number of nitro benzene ring substituents is 1. The molecule has 1 N–H and O–H groups in total. The molecule has 19 heavy (non-hydrogen) atoms. The summed E-state index contributed by atoms with van der Waals surface area (Å²) in [6.07, 6.45) is 9.47.